The summed E-state index contributed by atoms with van der Waals surface area (Å²) in [6.45, 7) is 0. The third kappa shape index (κ3) is 3.06. The number of ether oxygens (including phenoxy) is 1. The number of rotatable bonds is 3. The number of esters is 1. The fourth-order valence-electron chi connectivity index (χ4n) is 2.83. The molecule has 0 radical (unpaired) electrons. The lowest BCUT2D eigenvalue weighted by Gasteiger charge is -2.11. The van der Waals surface area contributed by atoms with E-state index in [0.29, 0.717) is 16.5 Å². The molecule has 1 heterocycles. The summed E-state index contributed by atoms with van der Waals surface area (Å²) >= 11 is 0. The van der Waals surface area contributed by atoms with Crippen LogP contribution in [-0.4, -0.2) is 5.97 Å². The van der Waals surface area contributed by atoms with Gasteiger partial charge in [-0.1, -0.05) is 54.6 Å². The Balaban J connectivity index is 1.90. The summed E-state index contributed by atoms with van der Waals surface area (Å²) in [6, 6.07) is 22.4. The maximum Gasteiger partial charge on any atom is 0.345 e. The average Bonchev–Trinajstić information content (AvgIpc) is 2.71. The van der Waals surface area contributed by atoms with Crippen molar-refractivity contribution in [3.63, 3.8) is 0 Å². The second kappa shape index (κ2) is 6.80. The van der Waals surface area contributed by atoms with E-state index in [1.807, 2.05) is 18.2 Å². The van der Waals surface area contributed by atoms with Gasteiger partial charge in [-0.25, -0.2) is 4.79 Å². The predicted octanol–water partition coefficient (Wildman–Crippen LogP) is 4.26. The number of fused-ring (bicyclic) bond motifs is 1. The molecule has 2 N–H and O–H groups in total. The lowest BCUT2D eigenvalue weighted by atomic mass is 10.1. The quantitative estimate of drug-likeness (QED) is 0.437. The standard InChI is InChI=1S/C22H15NO4/c23-17-12-6-4-10-15(17)22(25)27-21-19(24)16-11-5-7-13-18(16)26-20(21)14-8-2-1-3-9-14/h1-13H,23H2. The number of hydrogen-bond donors (Lipinski definition) is 1. The normalized spacial score (nSPS) is 10.7. The fourth-order valence-corrected chi connectivity index (χ4v) is 2.83. The Kier molecular flexibility index (Phi) is 4.18. The third-order valence-electron chi connectivity index (χ3n) is 4.17. The number of carbonyl (C=O) groups is 1. The van der Waals surface area contributed by atoms with Crippen molar-refractivity contribution in [3.8, 4) is 17.1 Å². The van der Waals surface area contributed by atoms with E-state index in [9.17, 15) is 9.59 Å². The molecular formula is C22H15NO4. The molecule has 132 valence electrons. The van der Waals surface area contributed by atoms with Crippen LogP contribution in [0, 0.1) is 0 Å². The lowest BCUT2D eigenvalue weighted by Crippen LogP contribution is -2.17. The van der Waals surface area contributed by atoms with Gasteiger partial charge in [0.1, 0.15) is 5.58 Å². The minimum Gasteiger partial charge on any atom is -0.452 e. The van der Waals surface area contributed by atoms with Gasteiger partial charge in [-0.2, -0.15) is 0 Å². The van der Waals surface area contributed by atoms with E-state index in [1.165, 1.54) is 0 Å². The van der Waals surface area contributed by atoms with Crippen LogP contribution in [-0.2, 0) is 0 Å². The van der Waals surface area contributed by atoms with Gasteiger partial charge in [-0.3, -0.25) is 4.79 Å². The number of benzene rings is 3. The highest BCUT2D eigenvalue weighted by molar-refractivity contribution is 5.97. The van der Waals surface area contributed by atoms with Gasteiger partial charge in [0, 0.05) is 11.3 Å². The first-order chi connectivity index (χ1) is 13.1. The number of nitrogen functional groups attached to an aromatic ring is 1. The molecule has 4 rings (SSSR count). The van der Waals surface area contributed by atoms with Gasteiger partial charge in [0.05, 0.1) is 10.9 Å². The van der Waals surface area contributed by atoms with Gasteiger partial charge in [0.25, 0.3) is 0 Å². The Morgan fingerprint density at radius 2 is 1.52 bits per heavy atom. The molecule has 0 aliphatic heterocycles. The second-order valence-corrected chi connectivity index (χ2v) is 5.93. The Bertz CT molecular complexity index is 1200. The summed E-state index contributed by atoms with van der Waals surface area (Å²) in [7, 11) is 0. The van der Waals surface area contributed by atoms with E-state index in [2.05, 4.69) is 0 Å². The van der Waals surface area contributed by atoms with E-state index in [1.54, 1.807) is 60.7 Å². The maximum absolute atomic E-state index is 13.0. The smallest absolute Gasteiger partial charge is 0.345 e. The van der Waals surface area contributed by atoms with Gasteiger partial charge in [0.2, 0.25) is 11.2 Å². The van der Waals surface area contributed by atoms with Gasteiger partial charge in [-0.15, -0.1) is 0 Å². The van der Waals surface area contributed by atoms with Crippen molar-refractivity contribution in [2.45, 2.75) is 0 Å². The number of nitrogens with two attached hydrogens (primary N) is 1. The Labute approximate surface area is 154 Å². The number of anilines is 1. The van der Waals surface area contributed by atoms with Gasteiger partial charge in [0.15, 0.2) is 5.76 Å². The van der Waals surface area contributed by atoms with E-state index in [0.717, 1.165) is 0 Å². The highest BCUT2D eigenvalue weighted by Crippen LogP contribution is 2.31. The molecule has 4 aromatic rings. The maximum atomic E-state index is 13.0. The fraction of sp³-hybridized carbons (Fsp3) is 0. The van der Waals surface area contributed by atoms with Crippen LogP contribution in [0.25, 0.3) is 22.3 Å². The van der Waals surface area contributed by atoms with Gasteiger partial charge < -0.3 is 14.9 Å². The summed E-state index contributed by atoms with van der Waals surface area (Å²) in [5, 5.41) is 0.334. The van der Waals surface area contributed by atoms with Gasteiger partial charge in [-0.05, 0) is 24.3 Å². The highest BCUT2D eigenvalue weighted by atomic mass is 16.5. The zero-order valence-electron chi connectivity index (χ0n) is 14.2. The van der Waals surface area contributed by atoms with Crippen molar-refractivity contribution in [2.24, 2.45) is 0 Å². The number of carbonyl (C=O) groups excluding carboxylic acids is 1. The minimum absolute atomic E-state index is 0.159. The predicted molar refractivity (Wildman–Crippen MR) is 104 cm³/mol. The summed E-state index contributed by atoms with van der Waals surface area (Å²) in [4.78, 5) is 25.6. The number of para-hydroxylation sites is 2. The van der Waals surface area contributed by atoms with Crippen LogP contribution in [0.3, 0.4) is 0 Å². The SMILES string of the molecule is Nc1ccccc1C(=O)Oc1c(-c2ccccc2)oc2ccccc2c1=O. The van der Waals surface area contributed by atoms with E-state index >= 15 is 0 Å². The minimum atomic E-state index is -0.715. The van der Waals surface area contributed by atoms with Crippen LogP contribution >= 0.6 is 0 Å². The van der Waals surface area contributed by atoms with E-state index in [-0.39, 0.29) is 22.8 Å². The lowest BCUT2D eigenvalue weighted by molar-refractivity contribution is 0.0732. The van der Waals surface area contributed by atoms with Crippen LogP contribution in [0.2, 0.25) is 0 Å². The third-order valence-corrected chi connectivity index (χ3v) is 4.17. The molecule has 0 spiro atoms. The molecule has 0 atom stereocenters. The van der Waals surface area contributed by atoms with E-state index in [4.69, 9.17) is 14.9 Å². The van der Waals surface area contributed by atoms with Crippen molar-refractivity contribution < 1.29 is 13.9 Å². The van der Waals surface area contributed by atoms with Crippen LogP contribution < -0.4 is 15.9 Å². The van der Waals surface area contributed by atoms with Crippen molar-refractivity contribution in [1.82, 2.24) is 0 Å². The molecular weight excluding hydrogens is 342 g/mol. The van der Waals surface area contributed by atoms with Crippen molar-refractivity contribution >= 4 is 22.6 Å². The molecule has 5 heteroatoms. The van der Waals surface area contributed by atoms with Gasteiger partial charge >= 0.3 is 5.97 Å². The summed E-state index contributed by atoms with van der Waals surface area (Å²) < 4.78 is 11.4. The molecule has 0 saturated heterocycles. The zero-order chi connectivity index (χ0) is 18.8. The highest BCUT2D eigenvalue weighted by Gasteiger charge is 2.21. The molecule has 0 amide bonds. The number of hydrogen-bond acceptors (Lipinski definition) is 5. The largest absolute Gasteiger partial charge is 0.452 e. The molecule has 1 aromatic heterocycles. The molecule has 0 bridgehead atoms. The first kappa shape index (κ1) is 16.6. The Morgan fingerprint density at radius 1 is 0.852 bits per heavy atom. The molecule has 27 heavy (non-hydrogen) atoms. The Morgan fingerprint density at radius 3 is 2.30 bits per heavy atom. The molecule has 0 saturated carbocycles. The average molecular weight is 357 g/mol. The first-order valence-electron chi connectivity index (χ1n) is 8.33. The zero-order valence-corrected chi connectivity index (χ0v) is 14.2. The van der Waals surface area contributed by atoms with Crippen LogP contribution in [0.15, 0.2) is 88.1 Å². The van der Waals surface area contributed by atoms with Crippen LogP contribution in [0.5, 0.6) is 5.75 Å². The molecule has 0 fully saturated rings. The molecule has 5 nitrogen and oxygen atoms in total. The molecule has 0 unspecified atom stereocenters. The van der Waals surface area contributed by atoms with Crippen molar-refractivity contribution in [2.75, 3.05) is 5.73 Å². The molecule has 0 aliphatic rings. The van der Waals surface area contributed by atoms with E-state index < -0.39 is 11.4 Å². The Hall–Kier alpha value is -3.86. The second-order valence-electron chi connectivity index (χ2n) is 5.93. The van der Waals surface area contributed by atoms with Crippen LogP contribution in [0.1, 0.15) is 10.4 Å². The van der Waals surface area contributed by atoms with Crippen molar-refractivity contribution in [1.29, 1.82) is 0 Å². The van der Waals surface area contributed by atoms with Crippen LogP contribution in [0.4, 0.5) is 5.69 Å². The summed E-state index contributed by atoms with van der Waals surface area (Å²) in [6.07, 6.45) is 0. The monoisotopic (exact) mass is 357 g/mol. The molecule has 3 aromatic carbocycles. The summed E-state index contributed by atoms with van der Waals surface area (Å²) in [5.74, 6) is -0.678. The summed E-state index contributed by atoms with van der Waals surface area (Å²) in [5.41, 5.74) is 6.93. The topological polar surface area (TPSA) is 82.5 Å². The molecule has 0 aliphatic carbocycles. The van der Waals surface area contributed by atoms with Crippen molar-refractivity contribution in [3.05, 3.63) is 94.6 Å². The first-order valence-corrected chi connectivity index (χ1v) is 8.33.